The predicted molar refractivity (Wildman–Crippen MR) is 74.6 cm³/mol. The monoisotopic (exact) mass is 312 g/mol. The molecule has 0 spiro atoms. The lowest BCUT2D eigenvalue weighted by Crippen LogP contribution is -2.42. The average molecular weight is 312 g/mol. The fourth-order valence-corrected chi connectivity index (χ4v) is 1.61. The minimum atomic E-state index is -1.20. The molecule has 0 aliphatic rings. The molecule has 8 heteroatoms. The number of halogens is 1. The lowest BCUT2D eigenvalue weighted by atomic mass is 10.1. The third-order valence-electron chi connectivity index (χ3n) is 2.74. The van der Waals surface area contributed by atoms with Gasteiger partial charge < -0.3 is 20.5 Å². The summed E-state index contributed by atoms with van der Waals surface area (Å²) in [6.07, 6.45) is -1.20. The zero-order chi connectivity index (χ0) is 16.5. The zero-order valence-corrected chi connectivity index (χ0v) is 12.0. The number of benzene rings is 1. The van der Waals surface area contributed by atoms with Crippen molar-refractivity contribution in [2.24, 2.45) is 0 Å². The summed E-state index contributed by atoms with van der Waals surface area (Å²) < 4.78 is 17.6. The van der Waals surface area contributed by atoms with Crippen molar-refractivity contribution in [2.75, 3.05) is 20.2 Å². The molecule has 2 amide bonds. The van der Waals surface area contributed by atoms with Crippen LogP contribution in [-0.4, -0.2) is 49.2 Å². The van der Waals surface area contributed by atoms with Crippen molar-refractivity contribution in [1.82, 2.24) is 10.6 Å². The maximum absolute atomic E-state index is 13.0. The van der Waals surface area contributed by atoms with E-state index in [2.05, 4.69) is 15.4 Å². The van der Waals surface area contributed by atoms with Crippen molar-refractivity contribution < 1.29 is 28.6 Å². The summed E-state index contributed by atoms with van der Waals surface area (Å²) in [4.78, 5) is 33.7. The molecule has 1 unspecified atom stereocenters. The Kier molecular flexibility index (Phi) is 6.97. The van der Waals surface area contributed by atoms with Crippen LogP contribution in [0.2, 0.25) is 0 Å². The molecule has 1 aromatic carbocycles. The molecule has 0 aromatic heterocycles. The van der Waals surface area contributed by atoms with Gasteiger partial charge >= 0.3 is 5.97 Å². The van der Waals surface area contributed by atoms with Crippen molar-refractivity contribution in [2.45, 2.75) is 12.5 Å². The molecule has 0 aliphatic carbocycles. The summed E-state index contributed by atoms with van der Waals surface area (Å²) in [5, 5.41) is 13.4. The molecular formula is C14H17FN2O5. The highest BCUT2D eigenvalue weighted by atomic mass is 19.1. The van der Waals surface area contributed by atoms with E-state index in [-0.39, 0.29) is 19.5 Å². The molecule has 0 heterocycles. The van der Waals surface area contributed by atoms with Gasteiger partial charge in [-0.3, -0.25) is 9.59 Å². The lowest BCUT2D eigenvalue weighted by Gasteiger charge is -2.12. The Morgan fingerprint density at radius 1 is 1.27 bits per heavy atom. The fourth-order valence-electron chi connectivity index (χ4n) is 1.61. The largest absolute Gasteiger partial charge is 0.479 e. The highest BCUT2D eigenvalue weighted by Gasteiger charge is 2.17. The third kappa shape index (κ3) is 6.31. The van der Waals surface area contributed by atoms with Crippen molar-refractivity contribution in [3.05, 3.63) is 35.6 Å². The van der Waals surface area contributed by atoms with E-state index in [1.807, 2.05) is 0 Å². The number of rotatable bonds is 8. The number of carboxylic acids is 1. The van der Waals surface area contributed by atoms with E-state index in [4.69, 9.17) is 5.11 Å². The van der Waals surface area contributed by atoms with E-state index in [1.54, 1.807) is 6.07 Å². The van der Waals surface area contributed by atoms with Gasteiger partial charge in [0.25, 0.3) is 0 Å². The molecule has 0 bridgehead atoms. The van der Waals surface area contributed by atoms with Gasteiger partial charge in [0.1, 0.15) is 5.82 Å². The molecule has 1 atom stereocenters. The Morgan fingerprint density at radius 2 is 2.00 bits per heavy atom. The molecule has 0 aliphatic heterocycles. The summed E-state index contributed by atoms with van der Waals surface area (Å²) in [5.74, 6) is -2.63. The van der Waals surface area contributed by atoms with Gasteiger partial charge in [-0.15, -0.1) is 0 Å². The first kappa shape index (κ1) is 17.6. The van der Waals surface area contributed by atoms with Crippen molar-refractivity contribution in [3.63, 3.8) is 0 Å². The Bertz CT molecular complexity index is 550. The topological polar surface area (TPSA) is 105 Å². The van der Waals surface area contributed by atoms with Crippen LogP contribution in [0.15, 0.2) is 24.3 Å². The van der Waals surface area contributed by atoms with Gasteiger partial charge in [-0.05, 0) is 17.7 Å². The summed E-state index contributed by atoms with van der Waals surface area (Å²) in [6, 6.07) is 5.58. The smallest absolute Gasteiger partial charge is 0.334 e. The Balaban J connectivity index is 2.31. The Hall–Kier alpha value is -2.48. The number of carboxylic acid groups (broad SMARTS) is 1. The SMILES string of the molecule is COC(CNC(=O)CNC(=O)Cc1cccc(F)c1)C(=O)O. The number of aliphatic carboxylic acids is 1. The molecular weight excluding hydrogens is 295 g/mol. The Morgan fingerprint density at radius 3 is 2.59 bits per heavy atom. The highest BCUT2D eigenvalue weighted by Crippen LogP contribution is 2.03. The van der Waals surface area contributed by atoms with E-state index in [0.29, 0.717) is 5.56 Å². The zero-order valence-electron chi connectivity index (χ0n) is 12.0. The normalized spacial score (nSPS) is 11.5. The molecule has 0 fully saturated rings. The predicted octanol–water partition coefficient (Wildman–Crippen LogP) is -0.300. The number of methoxy groups -OCH3 is 1. The van der Waals surface area contributed by atoms with Crippen molar-refractivity contribution in [1.29, 1.82) is 0 Å². The van der Waals surface area contributed by atoms with E-state index in [0.717, 1.165) is 0 Å². The quantitative estimate of drug-likeness (QED) is 0.611. The van der Waals surface area contributed by atoms with E-state index in [9.17, 15) is 18.8 Å². The molecule has 120 valence electrons. The lowest BCUT2D eigenvalue weighted by molar-refractivity contribution is -0.148. The summed E-state index contributed by atoms with van der Waals surface area (Å²) in [5.41, 5.74) is 0.489. The van der Waals surface area contributed by atoms with Crippen LogP contribution in [0.1, 0.15) is 5.56 Å². The molecule has 3 N–H and O–H groups in total. The second-order valence-corrected chi connectivity index (χ2v) is 4.45. The number of nitrogens with one attached hydrogen (secondary N) is 2. The first-order chi connectivity index (χ1) is 10.4. The average Bonchev–Trinajstić information content (AvgIpc) is 2.45. The van der Waals surface area contributed by atoms with E-state index < -0.39 is 29.7 Å². The number of hydrogen-bond donors (Lipinski definition) is 3. The molecule has 22 heavy (non-hydrogen) atoms. The molecule has 7 nitrogen and oxygen atoms in total. The van der Waals surface area contributed by atoms with Gasteiger partial charge in [0.15, 0.2) is 6.10 Å². The second kappa shape index (κ2) is 8.73. The van der Waals surface area contributed by atoms with Crippen LogP contribution in [0.25, 0.3) is 0 Å². The summed E-state index contributed by atoms with van der Waals surface area (Å²) in [7, 11) is 1.21. The van der Waals surface area contributed by atoms with E-state index >= 15 is 0 Å². The van der Waals surface area contributed by atoms with Gasteiger partial charge in [0.05, 0.1) is 19.5 Å². The number of carbonyl (C=O) groups is 3. The summed E-state index contributed by atoms with van der Waals surface area (Å²) >= 11 is 0. The molecule has 0 radical (unpaired) electrons. The number of amides is 2. The molecule has 1 aromatic rings. The third-order valence-corrected chi connectivity index (χ3v) is 2.74. The van der Waals surface area contributed by atoms with Crippen LogP contribution in [0.4, 0.5) is 4.39 Å². The standard InChI is InChI=1S/C14H17FN2O5/c1-22-11(14(20)21)7-16-13(19)8-17-12(18)6-9-3-2-4-10(15)5-9/h2-5,11H,6-8H2,1H3,(H,16,19)(H,17,18)(H,20,21). The maximum Gasteiger partial charge on any atom is 0.334 e. The van der Waals surface area contributed by atoms with Crippen LogP contribution < -0.4 is 10.6 Å². The van der Waals surface area contributed by atoms with Gasteiger partial charge in [-0.25, -0.2) is 9.18 Å². The second-order valence-electron chi connectivity index (χ2n) is 4.45. The maximum atomic E-state index is 13.0. The van der Waals surface area contributed by atoms with E-state index in [1.165, 1.54) is 25.3 Å². The number of carbonyl (C=O) groups excluding carboxylic acids is 2. The fraction of sp³-hybridized carbons (Fsp3) is 0.357. The van der Waals surface area contributed by atoms with Gasteiger partial charge in [0.2, 0.25) is 11.8 Å². The first-order valence-electron chi connectivity index (χ1n) is 6.45. The molecule has 0 saturated heterocycles. The van der Waals surface area contributed by atoms with Crippen LogP contribution in [0, 0.1) is 5.82 Å². The molecule has 1 rings (SSSR count). The Labute approximate surface area is 126 Å². The minimum absolute atomic E-state index is 0.0547. The van der Waals surface area contributed by atoms with Gasteiger partial charge in [0, 0.05) is 7.11 Å². The van der Waals surface area contributed by atoms with Crippen molar-refractivity contribution in [3.8, 4) is 0 Å². The van der Waals surface area contributed by atoms with Gasteiger partial charge in [-0.2, -0.15) is 0 Å². The van der Waals surface area contributed by atoms with Crippen LogP contribution >= 0.6 is 0 Å². The number of hydrogen-bond acceptors (Lipinski definition) is 4. The number of ether oxygens (including phenoxy) is 1. The van der Waals surface area contributed by atoms with Crippen LogP contribution in [0.5, 0.6) is 0 Å². The first-order valence-corrected chi connectivity index (χ1v) is 6.45. The summed E-state index contributed by atoms with van der Waals surface area (Å²) in [6.45, 7) is -0.505. The molecule has 0 saturated carbocycles. The van der Waals surface area contributed by atoms with Crippen LogP contribution in [0.3, 0.4) is 0 Å². The van der Waals surface area contributed by atoms with Gasteiger partial charge in [-0.1, -0.05) is 12.1 Å². The minimum Gasteiger partial charge on any atom is -0.479 e. The highest BCUT2D eigenvalue weighted by molar-refractivity contribution is 5.86. The van der Waals surface area contributed by atoms with Crippen LogP contribution in [-0.2, 0) is 25.5 Å². The van der Waals surface area contributed by atoms with Crippen molar-refractivity contribution >= 4 is 17.8 Å².